The van der Waals surface area contributed by atoms with Gasteiger partial charge in [0.15, 0.2) is 0 Å². The molecule has 0 unspecified atom stereocenters. The summed E-state index contributed by atoms with van der Waals surface area (Å²) in [4.78, 5) is 28.1. The van der Waals surface area contributed by atoms with E-state index in [4.69, 9.17) is 4.74 Å². The van der Waals surface area contributed by atoms with E-state index in [2.05, 4.69) is 15.0 Å². The minimum absolute atomic E-state index is 0.290. The van der Waals surface area contributed by atoms with Crippen molar-refractivity contribution in [3.63, 3.8) is 0 Å². The molecule has 0 atom stereocenters. The topological polar surface area (TPSA) is 77.5 Å². The van der Waals surface area contributed by atoms with Crippen LogP contribution >= 0.6 is 0 Å². The Bertz CT molecular complexity index is 856. The summed E-state index contributed by atoms with van der Waals surface area (Å²) in [5.74, 6) is -0.243. The van der Waals surface area contributed by atoms with Crippen molar-refractivity contribution in [2.75, 3.05) is 19.5 Å². The van der Waals surface area contributed by atoms with Crippen molar-refractivity contribution < 1.29 is 19.1 Å². The molecule has 0 aliphatic heterocycles. The third-order valence-corrected chi connectivity index (χ3v) is 3.43. The predicted molar refractivity (Wildman–Crippen MR) is 99.7 cm³/mol. The van der Waals surface area contributed by atoms with Crippen molar-refractivity contribution in [3.8, 4) is 5.75 Å². The van der Waals surface area contributed by atoms with Crippen LogP contribution in [0.2, 0.25) is 0 Å². The molecule has 1 amide bonds. The number of esters is 1. The third-order valence-electron chi connectivity index (χ3n) is 3.43. The van der Waals surface area contributed by atoms with E-state index >= 15 is 0 Å². The Balaban J connectivity index is 2.33. The van der Waals surface area contributed by atoms with Gasteiger partial charge in [0.2, 0.25) is 0 Å². The fraction of sp³-hybridized carbons (Fsp3) is 0.150. The minimum Gasteiger partial charge on any atom is -0.497 e. The first-order valence-electron chi connectivity index (χ1n) is 7.87. The fourth-order valence-corrected chi connectivity index (χ4v) is 2.15. The molecule has 0 saturated carbocycles. The van der Waals surface area contributed by atoms with Gasteiger partial charge >= 0.3 is 5.97 Å². The average Bonchev–Trinajstić information content (AvgIpc) is 2.64. The van der Waals surface area contributed by atoms with Crippen molar-refractivity contribution in [2.24, 2.45) is 0 Å². The first kappa shape index (κ1) is 18.9. The smallest absolute Gasteiger partial charge is 0.330 e. The highest BCUT2D eigenvalue weighted by Gasteiger charge is 2.09. The zero-order valence-corrected chi connectivity index (χ0v) is 14.9. The van der Waals surface area contributed by atoms with Gasteiger partial charge in [0.05, 0.1) is 14.2 Å². The number of methoxy groups -OCH3 is 2. The molecular formula is C20H20N2O4. The number of pyridine rings is 1. The minimum atomic E-state index is -0.547. The molecule has 1 aromatic carbocycles. The Kier molecular flexibility index (Phi) is 6.68. The second-order valence-electron chi connectivity index (χ2n) is 5.37. The van der Waals surface area contributed by atoms with Crippen LogP contribution in [0.3, 0.4) is 0 Å². The zero-order chi connectivity index (χ0) is 18.9. The maximum absolute atomic E-state index is 12.6. The second kappa shape index (κ2) is 9.17. The quantitative estimate of drug-likeness (QED) is 0.491. The number of aryl methyl sites for hydroxylation is 1. The Labute approximate surface area is 152 Å². The van der Waals surface area contributed by atoms with E-state index < -0.39 is 5.97 Å². The van der Waals surface area contributed by atoms with Gasteiger partial charge in [0.1, 0.15) is 5.75 Å². The maximum atomic E-state index is 12.6. The van der Waals surface area contributed by atoms with E-state index in [0.29, 0.717) is 11.4 Å². The summed E-state index contributed by atoms with van der Waals surface area (Å²) in [6.45, 7) is 1.83. The van der Waals surface area contributed by atoms with Gasteiger partial charge in [-0.25, -0.2) is 4.79 Å². The van der Waals surface area contributed by atoms with E-state index in [0.717, 1.165) is 11.3 Å². The summed E-state index contributed by atoms with van der Waals surface area (Å²) in [5, 5.41) is 2.79. The average molecular weight is 352 g/mol. The first-order valence-corrected chi connectivity index (χ1v) is 7.87. The number of hydrogen-bond donors (Lipinski definition) is 1. The molecule has 6 heteroatoms. The third kappa shape index (κ3) is 5.59. The van der Waals surface area contributed by atoms with Crippen molar-refractivity contribution in [1.82, 2.24) is 4.98 Å². The zero-order valence-electron chi connectivity index (χ0n) is 14.9. The molecule has 2 rings (SSSR count). The van der Waals surface area contributed by atoms with Crippen molar-refractivity contribution in [2.45, 2.75) is 6.92 Å². The SMILES string of the molecule is COC(=O)C=CC(=Cc1cccc(OC)c1)C(=O)Nc1ccnc(C)c1. The lowest BCUT2D eigenvalue weighted by Gasteiger charge is -2.07. The monoisotopic (exact) mass is 352 g/mol. The molecule has 134 valence electrons. The van der Waals surface area contributed by atoms with Crippen LogP contribution in [0.15, 0.2) is 60.3 Å². The summed E-state index contributed by atoms with van der Waals surface area (Å²) in [6, 6.07) is 10.7. The molecule has 0 bridgehead atoms. The molecule has 26 heavy (non-hydrogen) atoms. The van der Waals surface area contributed by atoms with Crippen LogP contribution < -0.4 is 10.1 Å². The lowest BCUT2D eigenvalue weighted by Crippen LogP contribution is -2.14. The van der Waals surface area contributed by atoms with Crippen LogP contribution in [0.4, 0.5) is 5.69 Å². The highest BCUT2D eigenvalue weighted by Crippen LogP contribution is 2.17. The van der Waals surface area contributed by atoms with Gasteiger partial charge in [0, 0.05) is 29.2 Å². The lowest BCUT2D eigenvalue weighted by molar-refractivity contribution is -0.134. The Hall–Kier alpha value is -3.41. The van der Waals surface area contributed by atoms with Crippen LogP contribution in [-0.4, -0.2) is 31.1 Å². The molecule has 1 N–H and O–H groups in total. The molecule has 2 aromatic rings. The van der Waals surface area contributed by atoms with E-state index in [1.165, 1.54) is 19.3 Å². The van der Waals surface area contributed by atoms with Gasteiger partial charge in [-0.15, -0.1) is 0 Å². The molecule has 0 aliphatic carbocycles. The van der Waals surface area contributed by atoms with E-state index in [-0.39, 0.29) is 11.5 Å². The van der Waals surface area contributed by atoms with E-state index in [1.54, 1.807) is 43.6 Å². The number of nitrogens with zero attached hydrogens (tertiary/aromatic N) is 1. The number of carbonyl (C=O) groups is 2. The van der Waals surface area contributed by atoms with Crippen LogP contribution in [0.1, 0.15) is 11.3 Å². The summed E-state index contributed by atoms with van der Waals surface area (Å²) < 4.78 is 9.78. The molecule has 1 heterocycles. The van der Waals surface area contributed by atoms with Gasteiger partial charge in [-0.3, -0.25) is 9.78 Å². The van der Waals surface area contributed by atoms with Crippen molar-refractivity contribution >= 4 is 23.6 Å². The predicted octanol–water partition coefficient (Wildman–Crippen LogP) is 3.15. The molecule has 0 spiro atoms. The lowest BCUT2D eigenvalue weighted by atomic mass is 10.1. The first-order chi connectivity index (χ1) is 12.5. The Morgan fingerprint density at radius 2 is 1.92 bits per heavy atom. The van der Waals surface area contributed by atoms with E-state index in [9.17, 15) is 9.59 Å². The largest absolute Gasteiger partial charge is 0.497 e. The number of benzene rings is 1. The van der Waals surface area contributed by atoms with Crippen LogP contribution in [0.25, 0.3) is 6.08 Å². The highest BCUT2D eigenvalue weighted by molar-refractivity contribution is 6.09. The van der Waals surface area contributed by atoms with Gasteiger partial charge in [0.25, 0.3) is 5.91 Å². The number of ether oxygens (including phenoxy) is 2. The van der Waals surface area contributed by atoms with Crippen molar-refractivity contribution in [1.29, 1.82) is 0 Å². The highest BCUT2D eigenvalue weighted by atomic mass is 16.5. The number of carbonyl (C=O) groups excluding carboxylic acids is 2. The number of aromatic nitrogens is 1. The molecule has 0 saturated heterocycles. The number of rotatable bonds is 6. The van der Waals surface area contributed by atoms with Gasteiger partial charge in [-0.2, -0.15) is 0 Å². The summed E-state index contributed by atoms with van der Waals surface area (Å²) in [5.41, 5.74) is 2.45. The van der Waals surface area contributed by atoms with Gasteiger partial charge in [-0.05, 0) is 48.9 Å². The molecule has 0 radical (unpaired) electrons. The fourth-order valence-electron chi connectivity index (χ4n) is 2.15. The standard InChI is InChI=1S/C20H20N2O4/c1-14-11-17(9-10-21-14)22-20(24)16(7-8-19(23)26-3)12-15-5-4-6-18(13-15)25-2/h4-13H,1-3H3,(H,21,22,24). The maximum Gasteiger partial charge on any atom is 0.330 e. The number of anilines is 1. The summed E-state index contributed by atoms with van der Waals surface area (Å²) >= 11 is 0. The number of amides is 1. The molecule has 6 nitrogen and oxygen atoms in total. The Morgan fingerprint density at radius 3 is 2.62 bits per heavy atom. The molecule has 0 aliphatic rings. The van der Waals surface area contributed by atoms with Crippen LogP contribution in [0, 0.1) is 6.92 Å². The molecular weight excluding hydrogens is 332 g/mol. The van der Waals surface area contributed by atoms with Gasteiger partial charge < -0.3 is 14.8 Å². The van der Waals surface area contributed by atoms with Crippen LogP contribution in [0.5, 0.6) is 5.75 Å². The molecule has 1 aromatic heterocycles. The summed E-state index contributed by atoms with van der Waals surface area (Å²) in [7, 11) is 2.84. The van der Waals surface area contributed by atoms with Gasteiger partial charge in [-0.1, -0.05) is 12.1 Å². The number of nitrogens with one attached hydrogen (secondary N) is 1. The number of hydrogen-bond acceptors (Lipinski definition) is 5. The molecule has 0 fully saturated rings. The Morgan fingerprint density at radius 1 is 1.12 bits per heavy atom. The van der Waals surface area contributed by atoms with Crippen molar-refractivity contribution in [3.05, 3.63) is 71.6 Å². The second-order valence-corrected chi connectivity index (χ2v) is 5.37. The van der Waals surface area contributed by atoms with E-state index in [1.807, 2.05) is 19.1 Å². The van der Waals surface area contributed by atoms with Crippen LogP contribution in [-0.2, 0) is 14.3 Å². The summed E-state index contributed by atoms with van der Waals surface area (Å²) in [6.07, 6.45) is 5.88. The normalized spacial score (nSPS) is 11.3.